The van der Waals surface area contributed by atoms with Crippen molar-refractivity contribution in [2.45, 2.75) is 20.5 Å². The average Bonchev–Trinajstić information content (AvgIpc) is 2.87. The molecule has 0 aromatic heterocycles. The molecule has 1 amide bonds. The van der Waals surface area contributed by atoms with Crippen molar-refractivity contribution in [1.82, 2.24) is 5.32 Å². The van der Waals surface area contributed by atoms with Crippen LogP contribution in [0.15, 0.2) is 45.8 Å². The number of carbonyl (C=O) groups is 1. The minimum Gasteiger partial charge on any atom is -0.488 e. The van der Waals surface area contributed by atoms with E-state index in [1.165, 1.54) is 22.9 Å². The summed E-state index contributed by atoms with van der Waals surface area (Å²) in [5, 5.41) is 2.63. The maximum atomic E-state index is 11.9. The molecule has 0 spiro atoms. The zero-order valence-electron chi connectivity index (χ0n) is 13.8. The largest absolute Gasteiger partial charge is 0.488 e. The van der Waals surface area contributed by atoms with E-state index in [2.05, 4.69) is 53.3 Å². The summed E-state index contributed by atoms with van der Waals surface area (Å²) >= 11 is 9.77. The normalized spacial score (nSPS) is 15.6. The summed E-state index contributed by atoms with van der Waals surface area (Å²) in [6.07, 6.45) is 1.81. The van der Waals surface area contributed by atoms with Crippen molar-refractivity contribution in [3.8, 4) is 5.75 Å². The molecular weight excluding hydrogens is 418 g/mol. The molecule has 1 saturated heterocycles. The van der Waals surface area contributed by atoms with Crippen molar-refractivity contribution in [2.75, 3.05) is 0 Å². The highest BCUT2D eigenvalue weighted by Crippen LogP contribution is 2.31. The number of thioether (sulfide) groups is 1. The zero-order chi connectivity index (χ0) is 18.0. The van der Waals surface area contributed by atoms with E-state index in [9.17, 15) is 4.79 Å². The van der Waals surface area contributed by atoms with Gasteiger partial charge in [0.1, 0.15) is 16.7 Å². The van der Waals surface area contributed by atoms with E-state index >= 15 is 0 Å². The van der Waals surface area contributed by atoms with Gasteiger partial charge >= 0.3 is 0 Å². The Morgan fingerprint density at radius 2 is 2.04 bits per heavy atom. The Hall–Kier alpha value is -1.63. The van der Waals surface area contributed by atoms with Gasteiger partial charge in [0, 0.05) is 10.0 Å². The van der Waals surface area contributed by atoms with Crippen LogP contribution in [0.1, 0.15) is 22.3 Å². The van der Waals surface area contributed by atoms with Crippen molar-refractivity contribution < 1.29 is 9.53 Å². The van der Waals surface area contributed by atoms with Crippen molar-refractivity contribution in [3.63, 3.8) is 0 Å². The first kappa shape index (κ1) is 18.2. The number of carbonyl (C=O) groups excluding carboxylic acids is 1. The minimum atomic E-state index is -0.171. The Balaban J connectivity index is 1.87. The lowest BCUT2D eigenvalue weighted by Crippen LogP contribution is -2.17. The summed E-state index contributed by atoms with van der Waals surface area (Å²) in [4.78, 5) is 12.5. The van der Waals surface area contributed by atoms with E-state index in [-0.39, 0.29) is 5.91 Å². The summed E-state index contributed by atoms with van der Waals surface area (Å²) < 4.78 is 7.44. The molecule has 1 heterocycles. The second kappa shape index (κ2) is 7.72. The van der Waals surface area contributed by atoms with Gasteiger partial charge in [0.2, 0.25) is 0 Å². The number of amides is 1. The van der Waals surface area contributed by atoms with E-state index in [1.54, 1.807) is 0 Å². The van der Waals surface area contributed by atoms with Gasteiger partial charge in [-0.25, -0.2) is 0 Å². The molecular formula is C19H16BrNO2S2. The molecule has 1 N–H and O–H groups in total. The molecule has 25 heavy (non-hydrogen) atoms. The number of aryl methyl sites for hydroxylation is 2. The first-order chi connectivity index (χ1) is 11.9. The molecule has 128 valence electrons. The van der Waals surface area contributed by atoms with Gasteiger partial charge in [0.25, 0.3) is 5.91 Å². The predicted octanol–water partition coefficient (Wildman–Crippen LogP) is 5.13. The fourth-order valence-electron chi connectivity index (χ4n) is 2.44. The van der Waals surface area contributed by atoms with Crippen LogP contribution in [0.4, 0.5) is 0 Å². The summed E-state index contributed by atoms with van der Waals surface area (Å²) in [7, 11) is 0. The van der Waals surface area contributed by atoms with Gasteiger partial charge < -0.3 is 10.1 Å². The van der Waals surface area contributed by atoms with Gasteiger partial charge in [-0.2, -0.15) is 0 Å². The van der Waals surface area contributed by atoms with E-state index in [0.29, 0.717) is 15.8 Å². The summed E-state index contributed by atoms with van der Waals surface area (Å²) in [5.74, 6) is 0.554. The van der Waals surface area contributed by atoms with E-state index in [1.807, 2.05) is 24.3 Å². The topological polar surface area (TPSA) is 38.3 Å². The molecule has 3 nitrogen and oxygen atoms in total. The van der Waals surface area contributed by atoms with Gasteiger partial charge in [0.15, 0.2) is 0 Å². The van der Waals surface area contributed by atoms with E-state index < -0.39 is 0 Å². The van der Waals surface area contributed by atoms with Gasteiger partial charge in [-0.3, -0.25) is 4.79 Å². The fraction of sp³-hybridized carbons (Fsp3) is 0.158. The Kier molecular flexibility index (Phi) is 5.61. The number of halogens is 1. The fourth-order valence-corrected chi connectivity index (χ4v) is 3.85. The van der Waals surface area contributed by atoms with E-state index in [4.69, 9.17) is 17.0 Å². The van der Waals surface area contributed by atoms with Crippen LogP contribution < -0.4 is 10.1 Å². The van der Waals surface area contributed by atoms with Gasteiger partial charge in [-0.1, -0.05) is 63.7 Å². The molecule has 1 aliphatic rings. The van der Waals surface area contributed by atoms with Gasteiger partial charge in [-0.05, 0) is 49.2 Å². The molecule has 0 aliphatic carbocycles. The standard InChI is InChI=1S/C19H16BrNO2S2/c1-11-3-4-12(2)14(7-11)10-23-16-6-5-15(20)8-13(16)9-17-18(22)21-19(24)25-17/h3-9H,10H2,1-2H3,(H,21,22,24)/b17-9-. The van der Waals surface area contributed by atoms with Crippen LogP contribution in [-0.2, 0) is 11.4 Å². The number of rotatable bonds is 4. The van der Waals surface area contributed by atoms with Crippen molar-refractivity contribution >= 4 is 56.2 Å². The molecule has 2 aromatic rings. The third-order valence-electron chi connectivity index (χ3n) is 3.79. The van der Waals surface area contributed by atoms with Crippen LogP contribution in [0.3, 0.4) is 0 Å². The van der Waals surface area contributed by atoms with Gasteiger partial charge in [-0.15, -0.1) is 0 Å². The SMILES string of the molecule is Cc1ccc(C)c(COc2ccc(Br)cc2/C=C2\SC(=S)NC2=O)c1. The smallest absolute Gasteiger partial charge is 0.263 e. The van der Waals surface area contributed by atoms with Crippen LogP contribution in [-0.4, -0.2) is 10.2 Å². The maximum absolute atomic E-state index is 11.9. The molecule has 0 bridgehead atoms. The van der Waals surface area contributed by atoms with E-state index in [0.717, 1.165) is 21.3 Å². The molecule has 0 atom stereocenters. The molecule has 0 unspecified atom stereocenters. The highest BCUT2D eigenvalue weighted by molar-refractivity contribution is 9.10. The molecule has 6 heteroatoms. The van der Waals surface area contributed by atoms with Crippen LogP contribution in [0.25, 0.3) is 6.08 Å². The van der Waals surface area contributed by atoms with Crippen molar-refractivity contribution in [3.05, 3.63) is 68.0 Å². The van der Waals surface area contributed by atoms with Crippen molar-refractivity contribution in [2.24, 2.45) is 0 Å². The first-order valence-electron chi connectivity index (χ1n) is 7.66. The number of hydrogen-bond acceptors (Lipinski definition) is 4. The minimum absolute atomic E-state index is 0.171. The lowest BCUT2D eigenvalue weighted by atomic mass is 10.1. The highest BCUT2D eigenvalue weighted by Gasteiger charge is 2.22. The van der Waals surface area contributed by atoms with Crippen LogP contribution in [0.2, 0.25) is 0 Å². The third-order valence-corrected chi connectivity index (χ3v) is 5.44. The third kappa shape index (κ3) is 4.51. The Labute approximate surface area is 165 Å². The highest BCUT2D eigenvalue weighted by atomic mass is 79.9. The number of ether oxygens (including phenoxy) is 1. The quantitative estimate of drug-likeness (QED) is 0.535. The molecule has 0 saturated carbocycles. The Morgan fingerprint density at radius 1 is 1.24 bits per heavy atom. The summed E-state index contributed by atoms with van der Waals surface area (Å²) in [6.45, 7) is 4.61. The van der Waals surface area contributed by atoms with Crippen molar-refractivity contribution in [1.29, 1.82) is 0 Å². The summed E-state index contributed by atoms with van der Waals surface area (Å²) in [5.41, 5.74) is 4.38. The lowest BCUT2D eigenvalue weighted by Gasteiger charge is -2.12. The molecule has 2 aromatic carbocycles. The summed E-state index contributed by atoms with van der Waals surface area (Å²) in [6, 6.07) is 12.1. The second-order valence-electron chi connectivity index (χ2n) is 5.75. The Bertz CT molecular complexity index is 893. The molecule has 1 aliphatic heterocycles. The second-order valence-corrected chi connectivity index (χ2v) is 8.39. The van der Waals surface area contributed by atoms with Crippen LogP contribution in [0, 0.1) is 13.8 Å². The molecule has 3 rings (SSSR count). The maximum Gasteiger partial charge on any atom is 0.263 e. The number of benzene rings is 2. The average molecular weight is 434 g/mol. The number of hydrogen-bond donors (Lipinski definition) is 1. The van der Waals surface area contributed by atoms with Gasteiger partial charge in [0.05, 0.1) is 4.91 Å². The van der Waals surface area contributed by atoms with Crippen LogP contribution >= 0.6 is 39.9 Å². The monoisotopic (exact) mass is 433 g/mol. The lowest BCUT2D eigenvalue weighted by molar-refractivity contribution is -0.115. The zero-order valence-corrected chi connectivity index (χ0v) is 17.0. The molecule has 1 fully saturated rings. The predicted molar refractivity (Wildman–Crippen MR) is 111 cm³/mol. The molecule has 0 radical (unpaired) electrons. The first-order valence-corrected chi connectivity index (χ1v) is 9.67. The Morgan fingerprint density at radius 3 is 2.76 bits per heavy atom. The number of thiocarbonyl (C=S) groups is 1. The van der Waals surface area contributed by atoms with Crippen LogP contribution in [0.5, 0.6) is 5.75 Å². The number of nitrogens with one attached hydrogen (secondary N) is 1.